The highest BCUT2D eigenvalue weighted by molar-refractivity contribution is 7.20. The summed E-state index contributed by atoms with van der Waals surface area (Å²) in [4.78, 5) is 10.3. The van der Waals surface area contributed by atoms with Gasteiger partial charge in [0, 0.05) is 6.20 Å². The Hall–Kier alpha value is -3.11. The van der Waals surface area contributed by atoms with E-state index in [4.69, 9.17) is 9.72 Å². The van der Waals surface area contributed by atoms with E-state index in [0.29, 0.717) is 19.3 Å². The molecular formula is C16H13N8OS+. The number of nitrogens with zero attached hydrogens (tertiary/aromatic N) is 6. The second kappa shape index (κ2) is 5.19. The minimum Gasteiger partial charge on any atom is -0.377 e. The van der Waals surface area contributed by atoms with Crippen LogP contribution in [0.15, 0.2) is 30.9 Å². The summed E-state index contributed by atoms with van der Waals surface area (Å²) < 4.78 is 10.2. The Bertz CT molecular complexity index is 1140. The van der Waals surface area contributed by atoms with Crippen LogP contribution in [0, 0.1) is 0 Å². The van der Waals surface area contributed by atoms with Crippen LogP contribution in [0.4, 0.5) is 11.6 Å². The third kappa shape index (κ3) is 2.09. The molecule has 0 aromatic carbocycles. The van der Waals surface area contributed by atoms with Gasteiger partial charge in [-0.15, -0.1) is 16.0 Å². The lowest BCUT2D eigenvalue weighted by atomic mass is 10.2. The van der Waals surface area contributed by atoms with Gasteiger partial charge in [-0.3, -0.25) is 9.78 Å². The predicted octanol–water partition coefficient (Wildman–Crippen LogP) is 1.95. The minimum absolute atomic E-state index is 0.327. The maximum Gasteiger partial charge on any atom is 0.393 e. The first kappa shape index (κ1) is 14.1. The van der Waals surface area contributed by atoms with Crippen molar-refractivity contribution in [2.75, 3.05) is 18.6 Å². The summed E-state index contributed by atoms with van der Waals surface area (Å²) >= 11 is 1.67. The van der Waals surface area contributed by atoms with Gasteiger partial charge in [-0.25, -0.2) is 4.98 Å². The van der Waals surface area contributed by atoms with Gasteiger partial charge in [0.05, 0.1) is 58.5 Å². The molecule has 128 valence electrons. The molecule has 0 spiro atoms. The Labute approximate surface area is 150 Å². The molecule has 0 unspecified atom stereocenters. The van der Waals surface area contributed by atoms with Crippen LogP contribution in [0.2, 0.25) is 0 Å². The predicted molar refractivity (Wildman–Crippen MR) is 95.8 cm³/mol. The van der Waals surface area contributed by atoms with Crippen LogP contribution in [-0.2, 0) is 4.74 Å². The number of aromatic nitrogens is 6. The Morgan fingerprint density at radius 3 is 3.12 bits per heavy atom. The second-order valence-electron chi connectivity index (χ2n) is 6.24. The molecule has 0 bridgehead atoms. The summed E-state index contributed by atoms with van der Waals surface area (Å²) in [6.07, 6.45) is 9.43. The van der Waals surface area contributed by atoms with Crippen LogP contribution in [0.1, 0.15) is 10.9 Å². The molecule has 0 aliphatic carbocycles. The number of hydrogen-bond donors (Lipinski definition) is 2. The standard InChI is InChI=1S/C16H12N8OS/c1-11(26-14-4-18-21-12(1)14)6-24-16-15(22-24)17-3-13(20-16)9-2-19-23(5-9)10-7-25-8-10/h1-6,10H,7-8H2,(H,17,22)/p+1. The number of nitrogens with one attached hydrogen (secondary N) is 2. The molecule has 6 heterocycles. The second-order valence-corrected chi connectivity index (χ2v) is 7.35. The van der Waals surface area contributed by atoms with Gasteiger partial charge in [0.15, 0.2) is 0 Å². The SMILES string of the molecule is C(c1cc2[nH]ncc2s1)=[N+]1Nc2ncc(-c3cnn(C4COC4)c3)nc21. The van der Waals surface area contributed by atoms with Crippen molar-refractivity contribution in [2.24, 2.45) is 0 Å². The fourth-order valence-corrected chi connectivity index (χ4v) is 3.89. The first-order valence-electron chi connectivity index (χ1n) is 8.16. The fourth-order valence-electron chi connectivity index (χ4n) is 2.98. The van der Waals surface area contributed by atoms with Crippen molar-refractivity contribution >= 4 is 39.4 Å². The zero-order valence-electron chi connectivity index (χ0n) is 13.5. The molecule has 6 rings (SSSR count). The van der Waals surface area contributed by atoms with Crippen molar-refractivity contribution in [2.45, 2.75) is 6.04 Å². The largest absolute Gasteiger partial charge is 0.393 e. The molecule has 0 amide bonds. The van der Waals surface area contributed by atoms with Crippen molar-refractivity contribution in [3.63, 3.8) is 0 Å². The minimum atomic E-state index is 0.327. The van der Waals surface area contributed by atoms with Crippen molar-refractivity contribution in [3.8, 4) is 11.3 Å². The molecule has 1 saturated heterocycles. The van der Waals surface area contributed by atoms with Gasteiger partial charge in [-0.1, -0.05) is 0 Å². The van der Waals surface area contributed by atoms with Crippen molar-refractivity contribution in [1.29, 1.82) is 0 Å². The highest BCUT2D eigenvalue weighted by Gasteiger charge is 2.33. The van der Waals surface area contributed by atoms with E-state index in [0.717, 1.165) is 38.0 Å². The Kier molecular flexibility index (Phi) is 2.82. The first-order valence-corrected chi connectivity index (χ1v) is 8.98. The van der Waals surface area contributed by atoms with Gasteiger partial charge >= 0.3 is 5.82 Å². The number of aromatic amines is 1. The van der Waals surface area contributed by atoms with E-state index in [2.05, 4.69) is 31.8 Å². The lowest BCUT2D eigenvalue weighted by molar-refractivity contribution is -0.427. The number of ether oxygens (including phenoxy) is 1. The maximum atomic E-state index is 5.22. The zero-order chi connectivity index (χ0) is 17.1. The van der Waals surface area contributed by atoms with Crippen LogP contribution >= 0.6 is 11.3 Å². The summed E-state index contributed by atoms with van der Waals surface area (Å²) in [5, 5.41) is 11.4. The van der Waals surface area contributed by atoms with Crippen molar-refractivity contribution in [3.05, 3.63) is 35.7 Å². The van der Waals surface area contributed by atoms with Crippen LogP contribution in [0.5, 0.6) is 0 Å². The van der Waals surface area contributed by atoms with Gasteiger partial charge in [0.25, 0.3) is 5.82 Å². The molecule has 0 saturated carbocycles. The molecule has 0 radical (unpaired) electrons. The fraction of sp³-hybridized carbons (Fsp3) is 0.188. The van der Waals surface area contributed by atoms with E-state index >= 15 is 0 Å². The average molecular weight is 365 g/mol. The number of H-pyrrole nitrogens is 1. The van der Waals surface area contributed by atoms with Crippen molar-refractivity contribution in [1.82, 2.24) is 29.9 Å². The smallest absolute Gasteiger partial charge is 0.377 e. The number of fused-ring (bicyclic) bond motifs is 2. The number of hydrogen-bond acceptors (Lipinski definition) is 7. The maximum absolute atomic E-state index is 5.22. The number of rotatable bonds is 3. The van der Waals surface area contributed by atoms with Gasteiger partial charge in [-0.2, -0.15) is 15.6 Å². The highest BCUT2D eigenvalue weighted by Crippen LogP contribution is 2.32. The normalized spacial score (nSPS) is 17.8. The molecule has 4 aromatic rings. The Morgan fingerprint density at radius 2 is 2.27 bits per heavy atom. The lowest BCUT2D eigenvalue weighted by Gasteiger charge is -2.25. The molecule has 9 nitrogen and oxygen atoms in total. The van der Waals surface area contributed by atoms with E-state index in [1.54, 1.807) is 17.5 Å². The topological polar surface area (TPSA) is 96.6 Å². The number of anilines is 1. The van der Waals surface area contributed by atoms with E-state index in [9.17, 15) is 0 Å². The average Bonchev–Trinajstić information content (AvgIpc) is 3.27. The van der Waals surface area contributed by atoms with Crippen LogP contribution < -0.4 is 5.43 Å². The van der Waals surface area contributed by atoms with E-state index in [1.807, 2.05) is 34.2 Å². The molecular weight excluding hydrogens is 352 g/mol. The van der Waals surface area contributed by atoms with Crippen LogP contribution in [0.3, 0.4) is 0 Å². The van der Waals surface area contributed by atoms with Crippen molar-refractivity contribution < 1.29 is 9.42 Å². The van der Waals surface area contributed by atoms with E-state index < -0.39 is 0 Å². The summed E-state index contributed by atoms with van der Waals surface area (Å²) in [6.45, 7) is 1.43. The molecule has 26 heavy (non-hydrogen) atoms. The molecule has 0 atom stereocenters. The number of thiophene rings is 1. The summed E-state index contributed by atoms with van der Waals surface area (Å²) in [5.41, 5.74) is 5.97. The van der Waals surface area contributed by atoms with Gasteiger partial charge < -0.3 is 4.74 Å². The zero-order valence-corrected chi connectivity index (χ0v) is 14.3. The Balaban J connectivity index is 1.33. The summed E-state index contributed by atoms with van der Waals surface area (Å²) in [7, 11) is 0. The van der Waals surface area contributed by atoms with E-state index in [1.165, 1.54) is 0 Å². The van der Waals surface area contributed by atoms with Gasteiger partial charge in [-0.05, 0) is 11.1 Å². The van der Waals surface area contributed by atoms with Gasteiger partial charge in [0.1, 0.15) is 6.21 Å². The highest BCUT2D eigenvalue weighted by atomic mass is 32.1. The quantitative estimate of drug-likeness (QED) is 0.539. The molecule has 10 heteroatoms. The van der Waals surface area contributed by atoms with Crippen LogP contribution in [0.25, 0.3) is 21.5 Å². The summed E-state index contributed by atoms with van der Waals surface area (Å²) in [6, 6.07) is 2.39. The first-order chi connectivity index (χ1) is 12.8. The third-order valence-corrected chi connectivity index (χ3v) is 5.51. The van der Waals surface area contributed by atoms with E-state index in [-0.39, 0.29) is 0 Å². The molecule has 2 aliphatic rings. The lowest BCUT2D eigenvalue weighted by Crippen LogP contribution is -2.30. The Morgan fingerprint density at radius 1 is 1.31 bits per heavy atom. The third-order valence-electron chi connectivity index (χ3n) is 4.50. The molecule has 2 N–H and O–H groups in total. The molecule has 2 aliphatic heterocycles. The number of hydrazone groups is 1. The number of hydrazine groups is 1. The summed E-state index contributed by atoms with van der Waals surface area (Å²) in [5.74, 6) is 1.57. The monoisotopic (exact) mass is 365 g/mol. The molecule has 1 fully saturated rings. The van der Waals surface area contributed by atoms with Gasteiger partial charge in [0.2, 0.25) is 5.69 Å². The van der Waals surface area contributed by atoms with Crippen LogP contribution in [-0.4, -0.2) is 54.1 Å². The molecule has 4 aromatic heterocycles.